The number of aromatic hydroxyl groups is 2. The number of aryl methyl sites for hydroxylation is 1. The highest BCUT2D eigenvalue weighted by Gasteiger charge is 2.20. The van der Waals surface area contributed by atoms with Gasteiger partial charge in [-0.2, -0.15) is 0 Å². The molecule has 0 aliphatic carbocycles. The van der Waals surface area contributed by atoms with Crippen molar-refractivity contribution in [2.75, 3.05) is 11.4 Å². The zero-order valence-electron chi connectivity index (χ0n) is 11.7. The van der Waals surface area contributed by atoms with E-state index in [-0.39, 0.29) is 18.0 Å². The number of rotatable bonds is 5. The van der Waals surface area contributed by atoms with Crippen LogP contribution in [0.3, 0.4) is 0 Å². The highest BCUT2D eigenvalue weighted by molar-refractivity contribution is 5.82. The largest absolute Gasteiger partial charge is 0.506 e. The smallest absolute Gasteiger partial charge is 0.323 e. The Morgan fingerprint density at radius 2 is 1.71 bits per heavy atom. The number of nitrogens with zero attached hydrogens (tertiary/aromatic N) is 1. The van der Waals surface area contributed by atoms with Crippen LogP contribution in [0.25, 0.3) is 0 Å². The molecule has 0 aliphatic rings. The van der Waals surface area contributed by atoms with Crippen LogP contribution in [-0.2, 0) is 11.2 Å². The van der Waals surface area contributed by atoms with Gasteiger partial charge in [-0.25, -0.2) is 0 Å². The van der Waals surface area contributed by atoms with Gasteiger partial charge in [-0.3, -0.25) is 4.79 Å². The van der Waals surface area contributed by atoms with Gasteiger partial charge in [0.05, 0.1) is 11.4 Å². The molecule has 0 radical (unpaired) electrons. The molecular formula is C16H17NO4. The summed E-state index contributed by atoms with van der Waals surface area (Å²) in [7, 11) is 0. The zero-order chi connectivity index (χ0) is 15.4. The van der Waals surface area contributed by atoms with Crippen molar-refractivity contribution in [2.24, 2.45) is 0 Å². The number of aliphatic carboxylic acids is 1. The zero-order valence-corrected chi connectivity index (χ0v) is 11.7. The van der Waals surface area contributed by atoms with E-state index in [9.17, 15) is 15.0 Å². The fraction of sp³-hybridized carbons (Fsp3) is 0.188. The molecule has 0 heterocycles. The first-order chi connectivity index (χ1) is 10.0. The second-order valence-corrected chi connectivity index (χ2v) is 4.61. The summed E-state index contributed by atoms with van der Waals surface area (Å²) in [6.07, 6.45) is 0.626. The van der Waals surface area contributed by atoms with Gasteiger partial charge in [-0.05, 0) is 30.2 Å². The number of hydrogen-bond donors (Lipinski definition) is 3. The number of phenolic OH excluding ortho intramolecular Hbond substituents is 2. The number of hydrogen-bond acceptors (Lipinski definition) is 4. The standard InChI is InChI=1S/C16H17NO4/c1-2-11-6-5-8-13(16(11)21)17(10-15(19)20)12-7-3-4-9-14(12)18/h3-9,18,21H,2,10H2,1H3,(H,19,20). The Hall–Kier alpha value is -2.69. The molecule has 2 aromatic rings. The number of carboxylic acids is 1. The van der Waals surface area contributed by atoms with E-state index in [0.717, 1.165) is 5.56 Å². The molecular weight excluding hydrogens is 270 g/mol. The van der Waals surface area contributed by atoms with E-state index in [2.05, 4.69) is 0 Å². The lowest BCUT2D eigenvalue weighted by Gasteiger charge is -2.25. The Balaban J connectivity index is 2.56. The molecule has 3 N–H and O–H groups in total. The van der Waals surface area contributed by atoms with Crippen molar-refractivity contribution < 1.29 is 20.1 Å². The van der Waals surface area contributed by atoms with Crippen LogP contribution in [0.15, 0.2) is 42.5 Å². The molecule has 0 fully saturated rings. The molecule has 0 saturated heterocycles. The van der Waals surface area contributed by atoms with Gasteiger partial charge in [-0.1, -0.05) is 31.2 Å². The van der Waals surface area contributed by atoms with E-state index in [1.54, 1.807) is 36.4 Å². The molecule has 0 aromatic heterocycles. The minimum atomic E-state index is -1.06. The maximum atomic E-state index is 11.1. The first-order valence-electron chi connectivity index (χ1n) is 6.62. The normalized spacial score (nSPS) is 10.3. The lowest BCUT2D eigenvalue weighted by molar-refractivity contribution is -0.135. The number of benzene rings is 2. The molecule has 0 saturated carbocycles. The van der Waals surface area contributed by atoms with Gasteiger partial charge in [0.15, 0.2) is 0 Å². The number of carbonyl (C=O) groups is 1. The Bertz CT molecular complexity index is 654. The highest BCUT2D eigenvalue weighted by atomic mass is 16.4. The van der Waals surface area contributed by atoms with Gasteiger partial charge in [0.2, 0.25) is 0 Å². The number of phenols is 2. The second kappa shape index (κ2) is 6.17. The monoisotopic (exact) mass is 287 g/mol. The summed E-state index contributed by atoms with van der Waals surface area (Å²) in [5, 5.41) is 29.4. The fourth-order valence-electron chi connectivity index (χ4n) is 2.21. The summed E-state index contributed by atoms with van der Waals surface area (Å²) in [6, 6.07) is 11.6. The third-order valence-corrected chi connectivity index (χ3v) is 3.24. The van der Waals surface area contributed by atoms with Crippen LogP contribution in [0.4, 0.5) is 11.4 Å². The summed E-state index contributed by atoms with van der Waals surface area (Å²) in [5.74, 6) is -1.07. The summed E-state index contributed by atoms with van der Waals surface area (Å²) in [4.78, 5) is 12.5. The first-order valence-corrected chi connectivity index (χ1v) is 6.62. The van der Waals surface area contributed by atoms with E-state index in [0.29, 0.717) is 17.8 Å². The molecule has 2 rings (SSSR count). The Kier molecular flexibility index (Phi) is 4.33. The van der Waals surface area contributed by atoms with Crippen LogP contribution in [0.2, 0.25) is 0 Å². The fourth-order valence-corrected chi connectivity index (χ4v) is 2.21. The molecule has 21 heavy (non-hydrogen) atoms. The van der Waals surface area contributed by atoms with Gasteiger partial charge in [-0.15, -0.1) is 0 Å². The minimum Gasteiger partial charge on any atom is -0.506 e. The van der Waals surface area contributed by atoms with Crippen LogP contribution < -0.4 is 4.90 Å². The summed E-state index contributed by atoms with van der Waals surface area (Å²) in [6.45, 7) is 1.54. The van der Waals surface area contributed by atoms with Crippen molar-refractivity contribution in [1.82, 2.24) is 0 Å². The molecule has 0 unspecified atom stereocenters. The van der Waals surface area contributed by atoms with E-state index in [1.165, 1.54) is 11.0 Å². The summed E-state index contributed by atoms with van der Waals surface area (Å²) < 4.78 is 0. The van der Waals surface area contributed by atoms with Crippen molar-refractivity contribution in [2.45, 2.75) is 13.3 Å². The molecule has 0 amide bonds. The molecule has 110 valence electrons. The molecule has 0 atom stereocenters. The van der Waals surface area contributed by atoms with Gasteiger partial charge in [0.1, 0.15) is 18.0 Å². The summed E-state index contributed by atoms with van der Waals surface area (Å²) in [5.41, 5.74) is 1.42. The van der Waals surface area contributed by atoms with Crippen LogP contribution in [0.1, 0.15) is 12.5 Å². The van der Waals surface area contributed by atoms with Crippen LogP contribution in [0, 0.1) is 0 Å². The number of carboxylic acid groups (broad SMARTS) is 1. The average Bonchev–Trinajstić information content (AvgIpc) is 2.46. The average molecular weight is 287 g/mol. The Morgan fingerprint density at radius 1 is 1.05 bits per heavy atom. The van der Waals surface area contributed by atoms with E-state index < -0.39 is 5.97 Å². The number of anilines is 2. The lowest BCUT2D eigenvalue weighted by atomic mass is 10.1. The predicted molar refractivity (Wildman–Crippen MR) is 80.2 cm³/mol. The SMILES string of the molecule is CCc1cccc(N(CC(=O)O)c2ccccc2O)c1O. The van der Waals surface area contributed by atoms with Gasteiger partial charge in [0, 0.05) is 0 Å². The molecule has 5 nitrogen and oxygen atoms in total. The maximum Gasteiger partial charge on any atom is 0.323 e. The molecule has 0 bridgehead atoms. The topological polar surface area (TPSA) is 81.0 Å². The van der Waals surface area contributed by atoms with Crippen LogP contribution in [0.5, 0.6) is 11.5 Å². The predicted octanol–water partition coefficient (Wildman–Crippen LogP) is 2.88. The Morgan fingerprint density at radius 3 is 2.33 bits per heavy atom. The summed E-state index contributed by atoms with van der Waals surface area (Å²) >= 11 is 0. The van der Waals surface area contributed by atoms with E-state index in [1.807, 2.05) is 6.92 Å². The van der Waals surface area contributed by atoms with Crippen molar-refractivity contribution in [1.29, 1.82) is 0 Å². The van der Waals surface area contributed by atoms with Crippen molar-refractivity contribution in [3.63, 3.8) is 0 Å². The van der Waals surface area contributed by atoms with Crippen LogP contribution in [-0.4, -0.2) is 27.8 Å². The van der Waals surface area contributed by atoms with Gasteiger partial charge < -0.3 is 20.2 Å². The van der Waals surface area contributed by atoms with Crippen molar-refractivity contribution in [3.8, 4) is 11.5 Å². The maximum absolute atomic E-state index is 11.1. The number of para-hydroxylation sites is 3. The molecule has 2 aromatic carbocycles. The van der Waals surface area contributed by atoms with Gasteiger partial charge >= 0.3 is 5.97 Å². The molecule has 0 aliphatic heterocycles. The molecule has 5 heteroatoms. The highest BCUT2D eigenvalue weighted by Crippen LogP contribution is 2.38. The first kappa shape index (κ1) is 14.7. The third kappa shape index (κ3) is 3.08. The lowest BCUT2D eigenvalue weighted by Crippen LogP contribution is -2.25. The van der Waals surface area contributed by atoms with Crippen molar-refractivity contribution in [3.05, 3.63) is 48.0 Å². The van der Waals surface area contributed by atoms with E-state index in [4.69, 9.17) is 5.11 Å². The van der Waals surface area contributed by atoms with E-state index >= 15 is 0 Å². The quantitative estimate of drug-likeness (QED) is 0.788. The van der Waals surface area contributed by atoms with Crippen molar-refractivity contribution >= 4 is 17.3 Å². The second-order valence-electron chi connectivity index (χ2n) is 4.61. The third-order valence-electron chi connectivity index (χ3n) is 3.24. The van der Waals surface area contributed by atoms with Gasteiger partial charge in [0.25, 0.3) is 0 Å². The van der Waals surface area contributed by atoms with Crippen LogP contribution >= 0.6 is 0 Å². The Labute approximate surface area is 122 Å². The molecule has 0 spiro atoms. The minimum absolute atomic E-state index is 0.0319.